The molecule has 0 unspecified atom stereocenters. The van der Waals surface area contributed by atoms with E-state index in [1.54, 1.807) is 12.4 Å². The summed E-state index contributed by atoms with van der Waals surface area (Å²) < 4.78 is 0.972. The molecule has 3 aromatic rings. The minimum Gasteiger partial charge on any atom is -0.331 e. The van der Waals surface area contributed by atoms with Crippen molar-refractivity contribution in [3.05, 3.63) is 64.9 Å². The maximum absolute atomic E-state index is 5.18. The number of benzene rings is 2. The fraction of sp³-hybridized carbons (Fsp3) is 0. The Hall–Kier alpha value is -2.38. The highest BCUT2D eigenvalue weighted by molar-refractivity contribution is 9.10. The number of hydrogen-bond donors (Lipinski definition) is 2. The van der Waals surface area contributed by atoms with Crippen LogP contribution in [-0.4, -0.2) is 21.3 Å². The fourth-order valence-corrected chi connectivity index (χ4v) is 2.49. The van der Waals surface area contributed by atoms with Gasteiger partial charge in [0.05, 0.1) is 23.4 Å². The standard InChI is InChI=1S/C16H12BrN5S/c17-11-4-3-5-12(8-11)21-16(23)22-19-10-13-9-18-14-6-1-2-7-15(14)20-13/h1-10H,(H2,21,22,23)/b19-10-. The van der Waals surface area contributed by atoms with Crippen molar-refractivity contribution >= 4 is 56.2 Å². The molecular weight excluding hydrogens is 374 g/mol. The first kappa shape index (κ1) is 15.5. The normalized spacial score (nSPS) is 10.8. The lowest BCUT2D eigenvalue weighted by atomic mass is 10.3. The van der Waals surface area contributed by atoms with Crippen LogP contribution in [0.3, 0.4) is 0 Å². The van der Waals surface area contributed by atoms with Gasteiger partial charge in [-0.15, -0.1) is 0 Å². The molecule has 0 spiro atoms. The highest BCUT2D eigenvalue weighted by atomic mass is 79.9. The van der Waals surface area contributed by atoms with Crippen LogP contribution in [0.25, 0.3) is 11.0 Å². The zero-order valence-electron chi connectivity index (χ0n) is 11.9. The van der Waals surface area contributed by atoms with Gasteiger partial charge >= 0.3 is 0 Å². The molecule has 5 nitrogen and oxygen atoms in total. The Labute approximate surface area is 147 Å². The van der Waals surface area contributed by atoms with Gasteiger partial charge in [-0.05, 0) is 42.5 Å². The number of hydrazone groups is 1. The Kier molecular flexibility index (Phi) is 4.89. The van der Waals surface area contributed by atoms with Gasteiger partial charge in [0.1, 0.15) is 5.69 Å². The monoisotopic (exact) mass is 385 g/mol. The van der Waals surface area contributed by atoms with Crippen LogP contribution in [0.4, 0.5) is 5.69 Å². The number of para-hydroxylation sites is 2. The van der Waals surface area contributed by atoms with Gasteiger partial charge in [0.2, 0.25) is 0 Å². The third-order valence-corrected chi connectivity index (χ3v) is 3.60. The van der Waals surface area contributed by atoms with E-state index >= 15 is 0 Å². The molecule has 0 radical (unpaired) electrons. The molecule has 0 atom stereocenters. The predicted octanol–water partition coefficient (Wildman–Crippen LogP) is 3.71. The van der Waals surface area contributed by atoms with Crippen molar-refractivity contribution in [3.8, 4) is 0 Å². The molecule has 0 saturated heterocycles. The van der Waals surface area contributed by atoms with Gasteiger partial charge in [0.15, 0.2) is 5.11 Å². The molecule has 114 valence electrons. The SMILES string of the molecule is S=C(N/N=C\c1cnc2ccccc2n1)Nc1cccc(Br)c1. The number of nitrogens with zero attached hydrogens (tertiary/aromatic N) is 3. The minimum atomic E-state index is 0.396. The van der Waals surface area contributed by atoms with E-state index in [0.717, 1.165) is 21.2 Å². The zero-order valence-corrected chi connectivity index (χ0v) is 14.3. The van der Waals surface area contributed by atoms with Gasteiger partial charge in [-0.2, -0.15) is 5.10 Å². The first-order valence-corrected chi connectivity index (χ1v) is 7.98. The van der Waals surface area contributed by atoms with Gasteiger partial charge in [-0.3, -0.25) is 10.4 Å². The van der Waals surface area contributed by atoms with E-state index < -0.39 is 0 Å². The summed E-state index contributed by atoms with van der Waals surface area (Å²) >= 11 is 8.59. The average Bonchev–Trinajstić information content (AvgIpc) is 2.55. The van der Waals surface area contributed by atoms with Crippen molar-refractivity contribution in [2.75, 3.05) is 5.32 Å². The van der Waals surface area contributed by atoms with Gasteiger partial charge in [0.25, 0.3) is 0 Å². The second-order valence-corrected chi connectivity index (χ2v) is 5.94. The summed E-state index contributed by atoms with van der Waals surface area (Å²) in [4.78, 5) is 8.77. The summed E-state index contributed by atoms with van der Waals surface area (Å²) in [5.74, 6) is 0. The second-order valence-electron chi connectivity index (χ2n) is 4.62. The van der Waals surface area contributed by atoms with Crippen LogP contribution < -0.4 is 10.7 Å². The summed E-state index contributed by atoms with van der Waals surface area (Å²) in [6.07, 6.45) is 3.24. The van der Waals surface area contributed by atoms with Crippen molar-refractivity contribution in [1.29, 1.82) is 0 Å². The predicted molar refractivity (Wildman–Crippen MR) is 101 cm³/mol. The topological polar surface area (TPSA) is 62.2 Å². The Balaban J connectivity index is 1.62. The maximum Gasteiger partial charge on any atom is 0.191 e. The van der Waals surface area contributed by atoms with Crippen molar-refractivity contribution in [2.45, 2.75) is 0 Å². The molecule has 0 aliphatic heterocycles. The summed E-state index contributed by atoms with van der Waals surface area (Å²) in [6.45, 7) is 0. The Morgan fingerprint density at radius 3 is 2.78 bits per heavy atom. The maximum atomic E-state index is 5.18. The van der Waals surface area contributed by atoms with E-state index in [1.807, 2.05) is 48.5 Å². The number of aromatic nitrogens is 2. The van der Waals surface area contributed by atoms with Crippen molar-refractivity contribution < 1.29 is 0 Å². The highest BCUT2D eigenvalue weighted by Crippen LogP contribution is 2.15. The van der Waals surface area contributed by atoms with E-state index in [4.69, 9.17) is 12.2 Å². The summed E-state index contributed by atoms with van der Waals surface area (Å²) in [5, 5.41) is 7.51. The van der Waals surface area contributed by atoms with Crippen molar-refractivity contribution in [1.82, 2.24) is 15.4 Å². The summed E-state index contributed by atoms with van der Waals surface area (Å²) in [6, 6.07) is 15.4. The molecule has 0 bridgehead atoms. The van der Waals surface area contributed by atoms with Gasteiger partial charge in [-0.1, -0.05) is 34.1 Å². The number of hydrogen-bond acceptors (Lipinski definition) is 4. The lowest BCUT2D eigenvalue weighted by molar-refractivity contribution is 1.05. The van der Waals surface area contributed by atoms with Crippen LogP contribution in [0.15, 0.2) is 64.3 Å². The first-order chi connectivity index (χ1) is 11.2. The number of halogens is 1. The summed E-state index contributed by atoms with van der Waals surface area (Å²) in [5.41, 5.74) is 5.96. The first-order valence-electron chi connectivity index (χ1n) is 6.78. The molecule has 0 amide bonds. The van der Waals surface area contributed by atoms with Crippen molar-refractivity contribution in [3.63, 3.8) is 0 Å². The van der Waals surface area contributed by atoms with E-state index in [2.05, 4.69) is 41.7 Å². The van der Waals surface area contributed by atoms with E-state index in [9.17, 15) is 0 Å². The van der Waals surface area contributed by atoms with Crippen LogP contribution in [0.5, 0.6) is 0 Å². The number of nitrogens with one attached hydrogen (secondary N) is 2. The Bertz CT molecular complexity index is 881. The lowest BCUT2D eigenvalue weighted by Crippen LogP contribution is -2.23. The van der Waals surface area contributed by atoms with Crippen molar-refractivity contribution in [2.24, 2.45) is 5.10 Å². The smallest absolute Gasteiger partial charge is 0.191 e. The lowest BCUT2D eigenvalue weighted by Gasteiger charge is -2.06. The third-order valence-electron chi connectivity index (χ3n) is 2.91. The van der Waals surface area contributed by atoms with Crippen LogP contribution in [0.2, 0.25) is 0 Å². The fourth-order valence-electron chi connectivity index (χ4n) is 1.92. The molecule has 2 N–H and O–H groups in total. The number of fused-ring (bicyclic) bond motifs is 1. The van der Waals surface area contributed by atoms with Gasteiger partial charge < -0.3 is 5.32 Å². The van der Waals surface area contributed by atoms with Gasteiger partial charge in [-0.25, -0.2) is 4.98 Å². The molecule has 0 fully saturated rings. The highest BCUT2D eigenvalue weighted by Gasteiger charge is 1.98. The van der Waals surface area contributed by atoms with Gasteiger partial charge in [0, 0.05) is 10.2 Å². The quantitative estimate of drug-likeness (QED) is 0.408. The van der Waals surface area contributed by atoms with Crippen LogP contribution in [0, 0.1) is 0 Å². The van der Waals surface area contributed by atoms with E-state index in [1.165, 1.54) is 0 Å². The van der Waals surface area contributed by atoms with E-state index in [-0.39, 0.29) is 0 Å². The molecule has 1 heterocycles. The molecule has 0 aliphatic rings. The molecule has 0 saturated carbocycles. The molecule has 7 heteroatoms. The second kappa shape index (κ2) is 7.26. The molecule has 0 aliphatic carbocycles. The average molecular weight is 386 g/mol. The number of rotatable bonds is 3. The molecule has 3 rings (SSSR count). The largest absolute Gasteiger partial charge is 0.331 e. The molecule has 23 heavy (non-hydrogen) atoms. The zero-order chi connectivity index (χ0) is 16.1. The third kappa shape index (κ3) is 4.30. The van der Waals surface area contributed by atoms with Crippen LogP contribution in [-0.2, 0) is 0 Å². The van der Waals surface area contributed by atoms with Crippen LogP contribution >= 0.6 is 28.1 Å². The Morgan fingerprint density at radius 1 is 1.13 bits per heavy atom. The Morgan fingerprint density at radius 2 is 1.96 bits per heavy atom. The number of anilines is 1. The molecule has 1 aromatic heterocycles. The minimum absolute atomic E-state index is 0.396. The molecule has 2 aromatic carbocycles. The number of thiocarbonyl (C=S) groups is 1. The molecular formula is C16H12BrN5S. The summed E-state index contributed by atoms with van der Waals surface area (Å²) in [7, 11) is 0. The van der Waals surface area contributed by atoms with Crippen LogP contribution in [0.1, 0.15) is 5.69 Å². The van der Waals surface area contributed by atoms with E-state index in [0.29, 0.717) is 10.8 Å².